The quantitative estimate of drug-likeness (QED) is 0.357. The molecular weight excluding hydrogens is 378 g/mol. The van der Waals surface area contributed by atoms with E-state index in [2.05, 4.69) is 5.10 Å². The smallest absolute Gasteiger partial charge is 0.345 e. The van der Waals surface area contributed by atoms with Gasteiger partial charge in [-0.1, -0.05) is 23.8 Å². The summed E-state index contributed by atoms with van der Waals surface area (Å²) in [5.74, 6) is -2.04. The number of nitrogens with one attached hydrogen (secondary N) is 1. The Hall–Kier alpha value is -3.49. The summed E-state index contributed by atoms with van der Waals surface area (Å²) >= 11 is 0. The molecule has 0 radical (unpaired) electrons. The van der Waals surface area contributed by atoms with Gasteiger partial charge in [-0.05, 0) is 38.2 Å². The highest BCUT2D eigenvalue weighted by Crippen LogP contribution is 2.38. The molecule has 0 saturated heterocycles. The number of aromatic nitrogens is 2. The van der Waals surface area contributed by atoms with E-state index in [1.54, 1.807) is 19.1 Å². The molecule has 9 heteroatoms. The van der Waals surface area contributed by atoms with Crippen LogP contribution in [-0.2, 0) is 4.74 Å². The number of ether oxygens (including phenoxy) is 1. The summed E-state index contributed by atoms with van der Waals surface area (Å²) in [4.78, 5) is 47.9. The van der Waals surface area contributed by atoms with Crippen molar-refractivity contribution in [2.24, 2.45) is 5.92 Å². The topological polar surface area (TPSA) is 124 Å². The molecule has 2 aromatic rings. The van der Waals surface area contributed by atoms with Crippen molar-refractivity contribution in [3.8, 4) is 0 Å². The molecule has 1 aromatic heterocycles. The van der Waals surface area contributed by atoms with Crippen molar-refractivity contribution in [2.45, 2.75) is 32.6 Å². The van der Waals surface area contributed by atoms with Gasteiger partial charge in [0.2, 0.25) is 0 Å². The molecule has 0 fully saturated rings. The van der Waals surface area contributed by atoms with E-state index in [1.165, 1.54) is 18.3 Å². The molecule has 1 aliphatic carbocycles. The van der Waals surface area contributed by atoms with Crippen LogP contribution in [0.5, 0.6) is 0 Å². The Kier molecular flexibility index (Phi) is 5.76. The average Bonchev–Trinajstić information content (AvgIpc) is 3.09. The summed E-state index contributed by atoms with van der Waals surface area (Å²) in [5.41, 5.74) is 0.881. The lowest BCUT2D eigenvalue weighted by Gasteiger charge is -2.29. The minimum Gasteiger partial charge on any atom is -0.462 e. The summed E-state index contributed by atoms with van der Waals surface area (Å²) < 4.78 is 5.67. The molecule has 1 heterocycles. The molecule has 0 spiro atoms. The summed E-state index contributed by atoms with van der Waals surface area (Å²) in [6.07, 6.45) is 4.13. The molecule has 0 bridgehead atoms. The van der Waals surface area contributed by atoms with Gasteiger partial charge in [0, 0.05) is 18.3 Å². The molecule has 29 heavy (non-hydrogen) atoms. The summed E-state index contributed by atoms with van der Waals surface area (Å²) in [7, 11) is 0. The first kappa shape index (κ1) is 20.2. The van der Waals surface area contributed by atoms with Gasteiger partial charge in [0.15, 0.2) is 0 Å². The first-order valence-electron chi connectivity index (χ1n) is 9.25. The Morgan fingerprint density at radius 1 is 1.31 bits per heavy atom. The molecule has 0 saturated carbocycles. The van der Waals surface area contributed by atoms with E-state index >= 15 is 0 Å². The van der Waals surface area contributed by atoms with Gasteiger partial charge < -0.3 is 4.74 Å². The van der Waals surface area contributed by atoms with Gasteiger partial charge in [0.05, 0.1) is 17.4 Å². The number of allylic oxidation sites excluding steroid dienone is 2. The minimum absolute atomic E-state index is 0.0284. The van der Waals surface area contributed by atoms with Crippen molar-refractivity contribution in [1.29, 1.82) is 0 Å². The maximum absolute atomic E-state index is 13.1. The number of esters is 1. The zero-order valence-corrected chi connectivity index (χ0v) is 16.1. The predicted molar refractivity (Wildman–Crippen MR) is 104 cm³/mol. The molecule has 2 unspecified atom stereocenters. The number of non-ortho nitro benzene ring substituents is 1. The molecular formula is C20H21N3O6. The molecule has 1 N–H and O–H groups in total. The normalized spacial score (nSPS) is 18.8. The highest BCUT2D eigenvalue weighted by molar-refractivity contribution is 5.90. The van der Waals surface area contributed by atoms with E-state index < -0.39 is 28.3 Å². The van der Waals surface area contributed by atoms with E-state index in [1.807, 2.05) is 13.0 Å². The van der Waals surface area contributed by atoms with Gasteiger partial charge in [0.1, 0.15) is 5.56 Å². The SMILES string of the molecule is CCOC(=O)c1c[nH]n(C(=O)C2CC=C(C)CC2c2ccc([N+](=O)[O-])cc2)c1=O. The third-order valence-electron chi connectivity index (χ3n) is 5.08. The van der Waals surface area contributed by atoms with Gasteiger partial charge in [0.25, 0.3) is 17.2 Å². The lowest BCUT2D eigenvalue weighted by molar-refractivity contribution is -0.384. The Bertz CT molecular complexity index is 1030. The fourth-order valence-electron chi connectivity index (χ4n) is 3.59. The lowest BCUT2D eigenvalue weighted by Crippen LogP contribution is -2.36. The average molecular weight is 399 g/mol. The highest BCUT2D eigenvalue weighted by atomic mass is 16.6. The molecule has 9 nitrogen and oxygen atoms in total. The number of rotatable bonds is 5. The maximum Gasteiger partial charge on any atom is 0.345 e. The van der Waals surface area contributed by atoms with Crippen LogP contribution in [0.1, 0.15) is 53.3 Å². The van der Waals surface area contributed by atoms with E-state index in [-0.39, 0.29) is 23.8 Å². The fourth-order valence-corrected chi connectivity index (χ4v) is 3.59. The first-order valence-corrected chi connectivity index (χ1v) is 9.25. The van der Waals surface area contributed by atoms with Gasteiger partial charge in [-0.15, -0.1) is 0 Å². The zero-order chi connectivity index (χ0) is 21.1. The fraction of sp³-hybridized carbons (Fsp3) is 0.350. The standard InChI is InChI=1S/C20H21N3O6/c1-3-29-20(26)17-11-21-22(19(17)25)18(24)15-9-4-12(2)10-16(15)13-5-7-14(8-6-13)23(27)28/h4-8,11,15-16,21H,3,9-10H2,1-2H3. The number of nitrogens with zero attached hydrogens (tertiary/aromatic N) is 2. The van der Waals surface area contributed by atoms with E-state index in [0.29, 0.717) is 12.8 Å². The van der Waals surface area contributed by atoms with E-state index in [0.717, 1.165) is 15.8 Å². The lowest BCUT2D eigenvalue weighted by atomic mass is 9.75. The van der Waals surface area contributed by atoms with Gasteiger partial charge in [-0.3, -0.25) is 24.8 Å². The number of H-pyrrole nitrogens is 1. The number of benzene rings is 1. The molecule has 0 amide bonds. The summed E-state index contributed by atoms with van der Waals surface area (Å²) in [5, 5.41) is 13.5. The molecule has 152 valence electrons. The Labute approximate surface area is 166 Å². The maximum atomic E-state index is 13.1. The zero-order valence-electron chi connectivity index (χ0n) is 16.1. The van der Waals surface area contributed by atoms with Crippen molar-refractivity contribution < 1.29 is 19.2 Å². The van der Waals surface area contributed by atoms with E-state index in [4.69, 9.17) is 4.74 Å². The number of nitro benzene ring substituents is 1. The number of hydrogen-bond donors (Lipinski definition) is 1. The third kappa shape index (κ3) is 4.03. The molecule has 0 aliphatic heterocycles. The van der Waals surface area contributed by atoms with Crippen LogP contribution >= 0.6 is 0 Å². The monoisotopic (exact) mass is 399 g/mol. The molecule has 1 aliphatic rings. The number of carbonyl (C=O) groups is 2. The Morgan fingerprint density at radius 3 is 2.62 bits per heavy atom. The highest BCUT2D eigenvalue weighted by Gasteiger charge is 2.34. The van der Waals surface area contributed by atoms with Crippen LogP contribution in [0.4, 0.5) is 5.69 Å². The Morgan fingerprint density at radius 2 is 2.00 bits per heavy atom. The molecule has 1 aromatic carbocycles. The van der Waals surface area contributed by atoms with E-state index in [9.17, 15) is 24.5 Å². The number of carbonyl (C=O) groups excluding carboxylic acids is 2. The first-order chi connectivity index (χ1) is 13.8. The van der Waals surface area contributed by atoms with Crippen molar-refractivity contribution in [1.82, 2.24) is 9.78 Å². The number of nitro groups is 1. The van der Waals surface area contributed by atoms with Crippen LogP contribution in [0.2, 0.25) is 0 Å². The van der Waals surface area contributed by atoms with Crippen LogP contribution < -0.4 is 5.56 Å². The molecule has 2 atom stereocenters. The predicted octanol–water partition coefficient (Wildman–Crippen LogP) is 3.04. The Balaban J connectivity index is 1.93. The number of aromatic amines is 1. The van der Waals surface area contributed by atoms with Crippen molar-refractivity contribution in [3.05, 3.63) is 73.7 Å². The number of hydrogen-bond acceptors (Lipinski definition) is 6. The second-order valence-electron chi connectivity index (χ2n) is 6.94. The van der Waals surface area contributed by atoms with Crippen molar-refractivity contribution >= 4 is 17.6 Å². The largest absolute Gasteiger partial charge is 0.462 e. The van der Waals surface area contributed by atoms with Crippen LogP contribution in [-0.4, -0.2) is 33.2 Å². The minimum atomic E-state index is -0.786. The van der Waals surface area contributed by atoms with Crippen LogP contribution in [0.3, 0.4) is 0 Å². The second kappa shape index (κ2) is 8.26. The summed E-state index contributed by atoms with van der Waals surface area (Å²) in [6, 6.07) is 6.10. The molecule has 3 rings (SSSR count). The van der Waals surface area contributed by atoms with Gasteiger partial charge >= 0.3 is 5.97 Å². The van der Waals surface area contributed by atoms with Crippen LogP contribution in [0, 0.1) is 16.0 Å². The van der Waals surface area contributed by atoms with Crippen LogP contribution in [0.15, 0.2) is 46.9 Å². The summed E-state index contributed by atoms with van der Waals surface area (Å²) in [6.45, 7) is 3.70. The van der Waals surface area contributed by atoms with Crippen LogP contribution in [0.25, 0.3) is 0 Å². The van der Waals surface area contributed by atoms with Crippen molar-refractivity contribution in [2.75, 3.05) is 6.61 Å². The van der Waals surface area contributed by atoms with Gasteiger partial charge in [-0.25, -0.2) is 4.79 Å². The second-order valence-corrected chi connectivity index (χ2v) is 6.94. The van der Waals surface area contributed by atoms with Gasteiger partial charge in [-0.2, -0.15) is 4.68 Å². The third-order valence-corrected chi connectivity index (χ3v) is 5.08. The van der Waals surface area contributed by atoms with Crippen molar-refractivity contribution in [3.63, 3.8) is 0 Å².